The third-order valence-corrected chi connectivity index (χ3v) is 4.66. The number of unbranched alkanes of at least 4 members (excludes halogenated alkanes) is 1. The fraction of sp³-hybridized carbons (Fsp3) is 0.286. The maximum Gasteiger partial charge on any atom is 0.231 e. The van der Waals surface area contributed by atoms with Crippen LogP contribution in [0.5, 0.6) is 0 Å². The Kier molecular flexibility index (Phi) is 6.80. The molecule has 8 nitrogen and oxygen atoms in total. The maximum atomic E-state index is 12.6. The van der Waals surface area contributed by atoms with Gasteiger partial charge in [-0.2, -0.15) is 0 Å². The number of primary amides is 1. The summed E-state index contributed by atoms with van der Waals surface area (Å²) in [6.45, 7) is 1.99. The SMILES string of the molecule is CCCCC(=O)C(NCC(N)=O)c1ccc(-c2ccccc2-c2nnn[nH]2)cc1. The molecule has 3 rings (SSSR count). The highest BCUT2D eigenvalue weighted by molar-refractivity contribution is 5.87. The van der Waals surface area contributed by atoms with E-state index < -0.39 is 11.9 Å². The normalized spacial score (nSPS) is 11.9. The van der Waals surface area contributed by atoms with Gasteiger partial charge in [-0.3, -0.25) is 14.9 Å². The van der Waals surface area contributed by atoms with E-state index in [-0.39, 0.29) is 12.3 Å². The summed E-state index contributed by atoms with van der Waals surface area (Å²) in [5.41, 5.74) is 8.87. The molecule has 0 aliphatic carbocycles. The lowest BCUT2D eigenvalue weighted by Gasteiger charge is -2.18. The van der Waals surface area contributed by atoms with Crippen molar-refractivity contribution in [2.45, 2.75) is 32.2 Å². The van der Waals surface area contributed by atoms with Gasteiger partial charge in [0, 0.05) is 12.0 Å². The first-order chi connectivity index (χ1) is 14.1. The molecule has 1 unspecified atom stereocenters. The summed E-state index contributed by atoms with van der Waals surface area (Å²) < 4.78 is 0. The fourth-order valence-electron chi connectivity index (χ4n) is 3.19. The molecule has 3 aromatic rings. The second-order valence-electron chi connectivity index (χ2n) is 6.77. The van der Waals surface area contributed by atoms with Crippen LogP contribution < -0.4 is 11.1 Å². The standard InChI is InChI=1S/C21H24N6O2/c1-2-3-8-18(28)20(23-13-19(22)29)15-11-9-14(10-12-15)16-6-4-5-7-17(16)21-24-26-27-25-21/h4-7,9-12,20,23H,2-3,8,13H2,1H3,(H2,22,29)(H,24,25,26,27). The average Bonchev–Trinajstić information content (AvgIpc) is 3.27. The highest BCUT2D eigenvalue weighted by atomic mass is 16.1. The average molecular weight is 392 g/mol. The largest absolute Gasteiger partial charge is 0.369 e. The number of Topliss-reactive ketones (excluding diaryl/α,β-unsaturated/α-hetero) is 1. The zero-order valence-corrected chi connectivity index (χ0v) is 16.3. The summed E-state index contributed by atoms with van der Waals surface area (Å²) in [4.78, 5) is 23.8. The van der Waals surface area contributed by atoms with Crippen LogP contribution >= 0.6 is 0 Å². The minimum Gasteiger partial charge on any atom is -0.369 e. The monoisotopic (exact) mass is 392 g/mol. The lowest BCUT2D eigenvalue weighted by Crippen LogP contribution is -2.35. The van der Waals surface area contributed by atoms with Crippen LogP contribution in [-0.4, -0.2) is 38.9 Å². The van der Waals surface area contributed by atoms with Crippen molar-refractivity contribution in [2.75, 3.05) is 6.54 Å². The summed E-state index contributed by atoms with van der Waals surface area (Å²) in [5, 5.41) is 17.1. The predicted octanol–water partition coefficient (Wildman–Crippen LogP) is 2.41. The molecule has 1 amide bonds. The molecule has 8 heteroatoms. The minimum atomic E-state index is -0.559. The third-order valence-electron chi connectivity index (χ3n) is 4.66. The second-order valence-corrected chi connectivity index (χ2v) is 6.77. The van der Waals surface area contributed by atoms with E-state index in [2.05, 4.69) is 25.9 Å². The van der Waals surface area contributed by atoms with E-state index in [1.54, 1.807) is 0 Å². The number of hydrogen-bond acceptors (Lipinski definition) is 6. The van der Waals surface area contributed by atoms with Crippen molar-refractivity contribution in [2.24, 2.45) is 5.73 Å². The van der Waals surface area contributed by atoms with Gasteiger partial charge in [0.15, 0.2) is 11.6 Å². The number of H-pyrrole nitrogens is 1. The van der Waals surface area contributed by atoms with Gasteiger partial charge in [-0.05, 0) is 33.5 Å². The number of carbonyl (C=O) groups is 2. The Labute approximate surface area is 168 Å². The smallest absolute Gasteiger partial charge is 0.231 e. The van der Waals surface area contributed by atoms with E-state index in [1.165, 1.54) is 0 Å². The highest BCUT2D eigenvalue weighted by Gasteiger charge is 2.20. The number of hydrogen-bond donors (Lipinski definition) is 3. The van der Waals surface area contributed by atoms with Crippen molar-refractivity contribution in [1.29, 1.82) is 0 Å². The molecule has 0 saturated heterocycles. The van der Waals surface area contributed by atoms with Gasteiger partial charge in [0.1, 0.15) is 0 Å². The summed E-state index contributed by atoms with van der Waals surface area (Å²) in [5.74, 6) is 0.138. The molecular weight excluding hydrogens is 368 g/mol. The summed E-state index contributed by atoms with van der Waals surface area (Å²) in [6.07, 6.45) is 2.20. The lowest BCUT2D eigenvalue weighted by molar-refractivity contribution is -0.121. The van der Waals surface area contributed by atoms with Crippen LogP contribution in [0.1, 0.15) is 37.8 Å². The molecule has 0 aliphatic heterocycles. The molecule has 29 heavy (non-hydrogen) atoms. The number of amides is 1. The quantitative estimate of drug-likeness (QED) is 0.486. The molecule has 0 spiro atoms. The van der Waals surface area contributed by atoms with E-state index in [0.29, 0.717) is 12.2 Å². The first-order valence-corrected chi connectivity index (χ1v) is 9.58. The second kappa shape index (κ2) is 9.70. The number of nitrogens with one attached hydrogen (secondary N) is 2. The molecule has 0 radical (unpaired) electrons. The van der Waals surface area contributed by atoms with Crippen molar-refractivity contribution in [3.05, 3.63) is 54.1 Å². The Morgan fingerprint density at radius 1 is 1.10 bits per heavy atom. The molecule has 1 atom stereocenters. The molecule has 4 N–H and O–H groups in total. The minimum absolute atomic E-state index is 0.0500. The van der Waals surface area contributed by atoms with Gasteiger partial charge >= 0.3 is 0 Å². The Hall–Kier alpha value is -3.39. The number of ketones is 1. The first kappa shape index (κ1) is 20.3. The van der Waals surface area contributed by atoms with Crippen molar-refractivity contribution < 1.29 is 9.59 Å². The molecule has 150 valence electrons. The van der Waals surface area contributed by atoms with Gasteiger partial charge < -0.3 is 5.73 Å². The molecule has 1 heterocycles. The van der Waals surface area contributed by atoms with E-state index in [4.69, 9.17) is 5.73 Å². The van der Waals surface area contributed by atoms with E-state index in [0.717, 1.165) is 35.1 Å². The van der Waals surface area contributed by atoms with Gasteiger partial charge in [0.25, 0.3) is 0 Å². The molecule has 0 bridgehead atoms. The Balaban J connectivity index is 1.88. The number of tetrazole rings is 1. The molecule has 1 aromatic heterocycles. The van der Waals surface area contributed by atoms with Crippen molar-refractivity contribution in [1.82, 2.24) is 25.9 Å². The Morgan fingerprint density at radius 2 is 1.83 bits per heavy atom. The molecular formula is C21H24N6O2. The number of nitrogens with zero attached hydrogens (tertiary/aromatic N) is 3. The van der Waals surface area contributed by atoms with Gasteiger partial charge in [-0.25, -0.2) is 5.10 Å². The van der Waals surface area contributed by atoms with E-state index in [9.17, 15) is 9.59 Å². The predicted molar refractivity (Wildman–Crippen MR) is 110 cm³/mol. The van der Waals surface area contributed by atoms with Gasteiger partial charge in [-0.15, -0.1) is 5.10 Å². The molecule has 0 fully saturated rings. The summed E-state index contributed by atoms with van der Waals surface area (Å²) in [7, 11) is 0. The van der Waals surface area contributed by atoms with Crippen molar-refractivity contribution in [3.8, 4) is 22.5 Å². The summed E-state index contributed by atoms with van der Waals surface area (Å²) >= 11 is 0. The number of aromatic amines is 1. The van der Waals surface area contributed by atoms with Crippen LogP contribution in [0.2, 0.25) is 0 Å². The summed E-state index contributed by atoms with van der Waals surface area (Å²) in [6, 6.07) is 14.9. The van der Waals surface area contributed by atoms with E-state index in [1.807, 2.05) is 55.5 Å². The fourth-order valence-corrected chi connectivity index (χ4v) is 3.19. The van der Waals surface area contributed by atoms with Crippen LogP contribution in [0.4, 0.5) is 0 Å². The van der Waals surface area contributed by atoms with Crippen LogP contribution in [-0.2, 0) is 9.59 Å². The number of nitrogens with two attached hydrogens (primary N) is 1. The molecule has 0 aliphatic rings. The lowest BCUT2D eigenvalue weighted by atomic mass is 9.94. The zero-order valence-electron chi connectivity index (χ0n) is 16.3. The van der Waals surface area contributed by atoms with Gasteiger partial charge in [0.2, 0.25) is 5.91 Å². The Bertz CT molecular complexity index is 954. The van der Waals surface area contributed by atoms with Crippen LogP contribution in [0, 0.1) is 0 Å². The van der Waals surface area contributed by atoms with E-state index >= 15 is 0 Å². The van der Waals surface area contributed by atoms with Crippen LogP contribution in [0.25, 0.3) is 22.5 Å². The first-order valence-electron chi connectivity index (χ1n) is 9.58. The van der Waals surface area contributed by atoms with Crippen LogP contribution in [0.3, 0.4) is 0 Å². The van der Waals surface area contributed by atoms with Crippen molar-refractivity contribution >= 4 is 11.7 Å². The highest BCUT2D eigenvalue weighted by Crippen LogP contribution is 2.30. The van der Waals surface area contributed by atoms with Crippen molar-refractivity contribution in [3.63, 3.8) is 0 Å². The number of benzene rings is 2. The van der Waals surface area contributed by atoms with Crippen LogP contribution in [0.15, 0.2) is 48.5 Å². The number of carbonyl (C=O) groups excluding carboxylic acids is 2. The third kappa shape index (κ3) is 5.11. The topological polar surface area (TPSA) is 127 Å². The van der Waals surface area contributed by atoms with Gasteiger partial charge in [0.05, 0.1) is 12.6 Å². The zero-order chi connectivity index (χ0) is 20.6. The molecule has 2 aromatic carbocycles. The number of rotatable bonds is 10. The van der Waals surface area contributed by atoms with Gasteiger partial charge in [-0.1, -0.05) is 61.9 Å². The Morgan fingerprint density at radius 3 is 2.45 bits per heavy atom. The molecule has 0 saturated carbocycles. The maximum absolute atomic E-state index is 12.6. The number of aromatic nitrogens is 4.